The van der Waals surface area contributed by atoms with Crippen molar-refractivity contribution in [3.05, 3.63) is 23.7 Å². The zero-order chi connectivity index (χ0) is 17.2. The fraction of sp³-hybridized carbons (Fsp3) is 0.462. The van der Waals surface area contributed by atoms with Crippen molar-refractivity contribution in [2.75, 3.05) is 33.6 Å². The monoisotopic (exact) mass is 344 g/mol. The first-order valence-electron chi connectivity index (χ1n) is 6.56. The number of methoxy groups -OCH3 is 2. The predicted molar refractivity (Wildman–Crippen MR) is 78.0 cm³/mol. The van der Waals surface area contributed by atoms with E-state index in [9.17, 15) is 18.6 Å². The van der Waals surface area contributed by atoms with Gasteiger partial charge < -0.3 is 13.9 Å². The number of esters is 2. The molecule has 0 N–H and O–H groups in total. The molecule has 2 heterocycles. The standard InChI is InChI=1S/C13H16N2O7S/c1-20-12(17)8-6-15(7-8)23(3,19)14-11(16)9-4-5-10(22-9)13(18)21-2/h4-5,8H,6-7H2,1-3H3. The van der Waals surface area contributed by atoms with Crippen molar-refractivity contribution in [3.63, 3.8) is 0 Å². The zero-order valence-electron chi connectivity index (χ0n) is 12.8. The second kappa shape index (κ2) is 6.50. The van der Waals surface area contributed by atoms with Crippen molar-refractivity contribution in [3.8, 4) is 0 Å². The molecule has 0 aliphatic carbocycles. The van der Waals surface area contributed by atoms with Crippen LogP contribution in [0, 0.1) is 5.92 Å². The number of furan rings is 1. The lowest BCUT2D eigenvalue weighted by Gasteiger charge is -2.37. The summed E-state index contributed by atoms with van der Waals surface area (Å²) < 4.78 is 31.6. The third kappa shape index (κ3) is 3.59. The molecule has 1 aromatic rings. The second-order valence-electron chi connectivity index (χ2n) is 4.88. The van der Waals surface area contributed by atoms with Crippen LogP contribution in [0.1, 0.15) is 21.1 Å². The summed E-state index contributed by atoms with van der Waals surface area (Å²) in [6.07, 6.45) is 1.29. The summed E-state index contributed by atoms with van der Waals surface area (Å²) in [5, 5.41) is 0. The number of carbonyl (C=O) groups is 3. The van der Waals surface area contributed by atoms with Gasteiger partial charge in [0.15, 0.2) is 5.76 Å². The molecule has 10 heteroatoms. The third-order valence-electron chi connectivity index (χ3n) is 3.32. The highest BCUT2D eigenvalue weighted by Crippen LogP contribution is 2.22. The Hall–Kier alpha value is -2.20. The van der Waals surface area contributed by atoms with Crippen LogP contribution in [0.15, 0.2) is 20.9 Å². The normalized spacial score (nSPS) is 17.7. The molecule has 1 aliphatic heterocycles. The van der Waals surface area contributed by atoms with Gasteiger partial charge in [0.2, 0.25) is 5.76 Å². The van der Waals surface area contributed by atoms with E-state index in [1.54, 1.807) is 0 Å². The maximum atomic E-state index is 12.5. The smallest absolute Gasteiger partial charge is 0.373 e. The molecule has 1 fully saturated rings. The third-order valence-corrected chi connectivity index (χ3v) is 5.08. The molecule has 126 valence electrons. The van der Waals surface area contributed by atoms with E-state index >= 15 is 0 Å². The summed E-state index contributed by atoms with van der Waals surface area (Å²) in [4.78, 5) is 34.6. The van der Waals surface area contributed by atoms with Gasteiger partial charge in [-0.25, -0.2) is 13.3 Å². The van der Waals surface area contributed by atoms with Crippen molar-refractivity contribution in [1.29, 1.82) is 0 Å². The van der Waals surface area contributed by atoms with Gasteiger partial charge in [0, 0.05) is 19.3 Å². The maximum absolute atomic E-state index is 12.5. The van der Waals surface area contributed by atoms with Crippen LogP contribution in [0.3, 0.4) is 0 Å². The van der Waals surface area contributed by atoms with Crippen LogP contribution in [0.5, 0.6) is 0 Å². The lowest BCUT2D eigenvalue weighted by Crippen LogP contribution is -2.52. The number of hydrogen-bond acceptors (Lipinski definition) is 7. The highest BCUT2D eigenvalue weighted by molar-refractivity contribution is 7.91. The Morgan fingerprint density at radius 3 is 2.39 bits per heavy atom. The Labute approximate surface area is 132 Å². The molecule has 0 aromatic carbocycles. The highest BCUT2D eigenvalue weighted by atomic mass is 32.2. The first-order chi connectivity index (χ1) is 10.8. The van der Waals surface area contributed by atoms with Gasteiger partial charge in [-0.1, -0.05) is 0 Å². The minimum absolute atomic E-state index is 0.150. The van der Waals surface area contributed by atoms with E-state index in [1.807, 2.05) is 0 Å². The topological polar surface area (TPSA) is 115 Å². The Morgan fingerprint density at radius 1 is 1.22 bits per heavy atom. The minimum atomic E-state index is -2.99. The summed E-state index contributed by atoms with van der Waals surface area (Å²) in [6, 6.07) is 2.52. The van der Waals surface area contributed by atoms with Crippen LogP contribution in [0.25, 0.3) is 0 Å². The molecule has 0 spiro atoms. The van der Waals surface area contributed by atoms with Crippen molar-refractivity contribution in [2.45, 2.75) is 0 Å². The number of carbonyl (C=O) groups excluding carboxylic acids is 3. The Morgan fingerprint density at radius 2 is 1.83 bits per heavy atom. The van der Waals surface area contributed by atoms with Crippen LogP contribution in [0.2, 0.25) is 0 Å². The number of nitrogens with zero attached hydrogens (tertiary/aromatic N) is 2. The Balaban J connectivity index is 2.09. The van der Waals surface area contributed by atoms with Gasteiger partial charge in [0.25, 0.3) is 0 Å². The van der Waals surface area contributed by atoms with Crippen molar-refractivity contribution in [2.24, 2.45) is 10.3 Å². The predicted octanol–water partition coefficient (Wildman–Crippen LogP) is 0.324. The summed E-state index contributed by atoms with van der Waals surface area (Å²) >= 11 is 0. The molecule has 1 unspecified atom stereocenters. The van der Waals surface area contributed by atoms with Crippen LogP contribution in [-0.2, 0) is 24.2 Å². The van der Waals surface area contributed by atoms with E-state index in [4.69, 9.17) is 4.42 Å². The van der Waals surface area contributed by atoms with Gasteiger partial charge in [-0.05, 0) is 12.1 Å². The molecule has 1 aliphatic rings. The number of amides is 1. The molecule has 1 saturated heterocycles. The van der Waals surface area contributed by atoms with Crippen LogP contribution in [0.4, 0.5) is 0 Å². The molecule has 0 radical (unpaired) electrons. The van der Waals surface area contributed by atoms with Crippen LogP contribution < -0.4 is 0 Å². The fourth-order valence-electron chi connectivity index (χ4n) is 1.95. The van der Waals surface area contributed by atoms with E-state index in [-0.39, 0.29) is 30.5 Å². The van der Waals surface area contributed by atoms with Gasteiger partial charge in [0.05, 0.1) is 20.1 Å². The van der Waals surface area contributed by atoms with Crippen molar-refractivity contribution in [1.82, 2.24) is 4.31 Å². The first-order valence-corrected chi connectivity index (χ1v) is 8.44. The quantitative estimate of drug-likeness (QED) is 0.722. The largest absolute Gasteiger partial charge is 0.469 e. The van der Waals surface area contributed by atoms with E-state index in [0.29, 0.717) is 0 Å². The molecule has 9 nitrogen and oxygen atoms in total. The number of ether oxygens (including phenoxy) is 2. The molecular formula is C13H16N2O7S. The Kier molecular flexibility index (Phi) is 4.85. The summed E-state index contributed by atoms with van der Waals surface area (Å²) in [5.41, 5.74) is 0. The van der Waals surface area contributed by atoms with Gasteiger partial charge in [-0.2, -0.15) is 0 Å². The summed E-state index contributed by atoms with van der Waals surface area (Å²) in [5.74, 6) is -2.72. The second-order valence-corrected chi connectivity index (χ2v) is 7.11. The summed E-state index contributed by atoms with van der Waals surface area (Å²) in [7, 11) is -0.534. The van der Waals surface area contributed by atoms with E-state index in [0.717, 1.165) is 0 Å². The average molecular weight is 344 g/mol. The lowest BCUT2D eigenvalue weighted by molar-refractivity contribution is -0.149. The number of hydrogen-bond donors (Lipinski definition) is 0. The minimum Gasteiger partial charge on any atom is -0.469 e. The van der Waals surface area contributed by atoms with Gasteiger partial charge in [-0.3, -0.25) is 9.59 Å². The molecule has 1 amide bonds. The Bertz CT molecular complexity index is 754. The molecule has 2 rings (SSSR count). The lowest BCUT2D eigenvalue weighted by atomic mass is 10.0. The van der Waals surface area contributed by atoms with E-state index in [2.05, 4.69) is 13.8 Å². The zero-order valence-corrected chi connectivity index (χ0v) is 13.6. The SMILES string of the molecule is COC(=O)c1ccc(C(=O)N=S(C)(=O)N2CC(C(=O)OC)C2)o1. The molecule has 0 bridgehead atoms. The fourth-order valence-corrected chi connectivity index (χ4v) is 3.38. The molecule has 0 saturated carbocycles. The van der Waals surface area contributed by atoms with E-state index < -0.39 is 27.8 Å². The van der Waals surface area contributed by atoms with Gasteiger partial charge >= 0.3 is 17.8 Å². The molecule has 1 aromatic heterocycles. The molecular weight excluding hydrogens is 328 g/mol. The van der Waals surface area contributed by atoms with Crippen molar-refractivity contribution >= 4 is 27.8 Å². The first kappa shape index (κ1) is 17.2. The average Bonchev–Trinajstić information content (AvgIpc) is 2.93. The van der Waals surface area contributed by atoms with Gasteiger partial charge in [0.1, 0.15) is 9.92 Å². The van der Waals surface area contributed by atoms with E-state index in [1.165, 1.54) is 36.9 Å². The maximum Gasteiger partial charge on any atom is 0.373 e. The molecule has 23 heavy (non-hydrogen) atoms. The van der Waals surface area contributed by atoms with Crippen molar-refractivity contribution < 1.29 is 32.5 Å². The summed E-state index contributed by atoms with van der Waals surface area (Å²) in [6.45, 7) is 0.398. The van der Waals surface area contributed by atoms with Crippen LogP contribution in [-0.4, -0.2) is 59.9 Å². The number of rotatable bonds is 4. The van der Waals surface area contributed by atoms with Crippen LogP contribution >= 0.6 is 0 Å². The molecule has 1 atom stereocenters. The van der Waals surface area contributed by atoms with Gasteiger partial charge in [-0.15, -0.1) is 4.36 Å². The highest BCUT2D eigenvalue weighted by Gasteiger charge is 2.38.